The van der Waals surface area contributed by atoms with Gasteiger partial charge in [-0.05, 0) is 31.5 Å². The molecule has 2 aromatic carbocycles. The van der Waals surface area contributed by atoms with E-state index in [-0.39, 0.29) is 18.2 Å². The summed E-state index contributed by atoms with van der Waals surface area (Å²) < 4.78 is 0. The Morgan fingerprint density at radius 3 is 2.39 bits per heavy atom. The lowest BCUT2D eigenvalue weighted by Gasteiger charge is -2.11. The van der Waals surface area contributed by atoms with Crippen molar-refractivity contribution >= 4 is 11.5 Å². The highest BCUT2D eigenvalue weighted by Gasteiger charge is 2.07. The highest BCUT2D eigenvalue weighted by atomic mass is 35.5. The fourth-order valence-corrected chi connectivity index (χ4v) is 2.28. The zero-order chi connectivity index (χ0) is 15.5. The van der Waals surface area contributed by atoms with Crippen LogP contribution in [0.1, 0.15) is 11.4 Å². The molecule has 0 spiro atoms. The summed E-state index contributed by atoms with van der Waals surface area (Å²) in [5.41, 5.74) is 3.58. The van der Waals surface area contributed by atoms with Crippen LogP contribution in [0.15, 0.2) is 54.6 Å². The maximum atomic E-state index is 9.95. The second kappa shape index (κ2) is 7.11. The number of hydrogen-bond acceptors (Lipinski definition) is 4. The van der Waals surface area contributed by atoms with Gasteiger partial charge in [-0.15, -0.1) is 0 Å². The third-order valence-corrected chi connectivity index (χ3v) is 3.32. The number of nitrogens with zero attached hydrogens (tertiary/aromatic N) is 2. The first kappa shape index (κ1) is 16.8. The number of halogens is 1. The molecule has 118 valence electrons. The Labute approximate surface area is 141 Å². The van der Waals surface area contributed by atoms with Gasteiger partial charge in [-0.1, -0.05) is 36.4 Å². The van der Waals surface area contributed by atoms with Crippen molar-refractivity contribution in [3.05, 3.63) is 66.0 Å². The summed E-state index contributed by atoms with van der Waals surface area (Å²) in [7, 11) is 0. The Morgan fingerprint density at radius 1 is 0.913 bits per heavy atom. The Morgan fingerprint density at radius 2 is 1.65 bits per heavy atom. The van der Waals surface area contributed by atoms with Crippen molar-refractivity contribution in [3.8, 4) is 17.0 Å². The molecule has 0 atom stereocenters. The molecule has 1 aromatic heterocycles. The maximum absolute atomic E-state index is 9.95. The number of phenolic OH excluding ortho intramolecular Hbond substituents is 1. The lowest BCUT2D eigenvalue weighted by molar-refractivity contribution is -0.00000571. The van der Waals surface area contributed by atoms with E-state index >= 15 is 0 Å². The lowest BCUT2D eigenvalue weighted by atomic mass is 10.1. The second-order valence-corrected chi connectivity index (χ2v) is 5.20. The average molecular weight is 327 g/mol. The number of aryl methyl sites for hydroxylation is 2. The van der Waals surface area contributed by atoms with Gasteiger partial charge >= 0.3 is 0 Å². The summed E-state index contributed by atoms with van der Waals surface area (Å²) in [5, 5.41) is 13.1. The average Bonchev–Trinajstić information content (AvgIpc) is 2.51. The van der Waals surface area contributed by atoms with Crippen LogP contribution < -0.4 is 17.7 Å². The standard InChI is InChI=1S/C18H17N3O.ClH/c1-12-8-9-17(22)16(10-12)21-18-11-15(19-13(2)20-18)14-6-4-3-5-7-14;/h3-11,22H,1-2H3,(H,19,20,21);1H/p-1. The Bertz CT molecular complexity index is 807. The first-order valence-corrected chi connectivity index (χ1v) is 7.09. The predicted molar refractivity (Wildman–Crippen MR) is 88.3 cm³/mol. The normalized spacial score (nSPS) is 10.0. The van der Waals surface area contributed by atoms with Crippen molar-refractivity contribution in [2.24, 2.45) is 0 Å². The van der Waals surface area contributed by atoms with Crippen LogP contribution >= 0.6 is 0 Å². The maximum Gasteiger partial charge on any atom is 0.139 e. The third kappa shape index (κ3) is 3.99. The summed E-state index contributed by atoms with van der Waals surface area (Å²) >= 11 is 0. The van der Waals surface area contributed by atoms with E-state index in [0.717, 1.165) is 16.8 Å². The van der Waals surface area contributed by atoms with E-state index in [4.69, 9.17) is 0 Å². The molecule has 4 nitrogen and oxygen atoms in total. The van der Waals surface area contributed by atoms with E-state index in [0.29, 0.717) is 17.3 Å². The summed E-state index contributed by atoms with van der Waals surface area (Å²) in [6.07, 6.45) is 0. The molecule has 0 aliphatic carbocycles. The van der Waals surface area contributed by atoms with Crippen LogP contribution in [0.25, 0.3) is 11.3 Å². The van der Waals surface area contributed by atoms with E-state index in [1.54, 1.807) is 6.07 Å². The summed E-state index contributed by atoms with van der Waals surface area (Å²) in [6.45, 7) is 3.83. The molecule has 23 heavy (non-hydrogen) atoms. The smallest absolute Gasteiger partial charge is 0.139 e. The minimum Gasteiger partial charge on any atom is -1.00 e. The molecule has 0 unspecified atom stereocenters. The molecule has 0 amide bonds. The number of benzene rings is 2. The van der Waals surface area contributed by atoms with Crippen molar-refractivity contribution in [1.29, 1.82) is 0 Å². The lowest BCUT2D eigenvalue weighted by Crippen LogP contribution is -3.00. The van der Waals surface area contributed by atoms with Crippen LogP contribution in [-0.2, 0) is 0 Å². The highest BCUT2D eigenvalue weighted by molar-refractivity contribution is 5.68. The molecular formula is C18H17ClN3O-. The first-order chi connectivity index (χ1) is 10.6. The van der Waals surface area contributed by atoms with Gasteiger partial charge in [0.1, 0.15) is 17.4 Å². The van der Waals surface area contributed by atoms with E-state index in [1.807, 2.05) is 62.4 Å². The number of hydrogen-bond donors (Lipinski definition) is 2. The van der Waals surface area contributed by atoms with Gasteiger partial charge in [0, 0.05) is 11.6 Å². The molecule has 5 heteroatoms. The number of anilines is 2. The molecule has 0 saturated carbocycles. The van der Waals surface area contributed by atoms with E-state index in [9.17, 15) is 5.11 Å². The van der Waals surface area contributed by atoms with Crippen LogP contribution in [0.5, 0.6) is 5.75 Å². The van der Waals surface area contributed by atoms with Crippen molar-refractivity contribution in [1.82, 2.24) is 9.97 Å². The number of nitrogens with one attached hydrogen (secondary N) is 1. The quantitative estimate of drug-likeness (QED) is 0.710. The van der Waals surface area contributed by atoms with Gasteiger partial charge in [0.05, 0.1) is 11.4 Å². The van der Waals surface area contributed by atoms with Crippen LogP contribution in [0.2, 0.25) is 0 Å². The Kier molecular flexibility index (Phi) is 5.19. The molecule has 0 saturated heterocycles. The van der Waals surface area contributed by atoms with Gasteiger partial charge in [0.25, 0.3) is 0 Å². The fraction of sp³-hybridized carbons (Fsp3) is 0.111. The minimum absolute atomic E-state index is 0. The summed E-state index contributed by atoms with van der Waals surface area (Å²) in [4.78, 5) is 8.86. The van der Waals surface area contributed by atoms with Crippen molar-refractivity contribution in [3.63, 3.8) is 0 Å². The molecular weight excluding hydrogens is 310 g/mol. The zero-order valence-electron chi connectivity index (χ0n) is 12.9. The van der Waals surface area contributed by atoms with Gasteiger partial charge in [-0.25, -0.2) is 9.97 Å². The van der Waals surface area contributed by atoms with Crippen LogP contribution in [0.3, 0.4) is 0 Å². The van der Waals surface area contributed by atoms with Gasteiger partial charge < -0.3 is 22.8 Å². The first-order valence-electron chi connectivity index (χ1n) is 7.09. The molecule has 1 heterocycles. The van der Waals surface area contributed by atoms with Gasteiger partial charge in [-0.3, -0.25) is 0 Å². The largest absolute Gasteiger partial charge is 1.00 e. The van der Waals surface area contributed by atoms with Crippen LogP contribution in [0.4, 0.5) is 11.5 Å². The number of rotatable bonds is 3. The number of aromatic hydroxyl groups is 1. The van der Waals surface area contributed by atoms with Gasteiger partial charge in [0.2, 0.25) is 0 Å². The summed E-state index contributed by atoms with van der Waals surface area (Å²) in [6, 6.07) is 17.2. The molecule has 0 bridgehead atoms. The van der Waals surface area contributed by atoms with Crippen molar-refractivity contribution in [2.75, 3.05) is 5.32 Å². The molecule has 0 fully saturated rings. The van der Waals surface area contributed by atoms with Crippen LogP contribution in [-0.4, -0.2) is 15.1 Å². The molecule has 2 N–H and O–H groups in total. The van der Waals surface area contributed by atoms with E-state index < -0.39 is 0 Å². The second-order valence-electron chi connectivity index (χ2n) is 5.20. The molecule has 3 aromatic rings. The fourth-order valence-electron chi connectivity index (χ4n) is 2.28. The van der Waals surface area contributed by atoms with Crippen LogP contribution in [0, 0.1) is 13.8 Å². The monoisotopic (exact) mass is 326 g/mol. The molecule has 0 radical (unpaired) electrons. The van der Waals surface area contributed by atoms with Crippen molar-refractivity contribution in [2.45, 2.75) is 13.8 Å². The van der Waals surface area contributed by atoms with E-state index in [1.165, 1.54) is 0 Å². The zero-order valence-corrected chi connectivity index (χ0v) is 13.7. The Balaban J connectivity index is 0.00000192. The van der Waals surface area contributed by atoms with Gasteiger partial charge in [0.15, 0.2) is 0 Å². The number of phenols is 1. The SMILES string of the molecule is Cc1ccc(O)c(Nc2cc(-c3ccccc3)nc(C)n2)c1.[Cl-]. The minimum atomic E-state index is 0. The Hall–Kier alpha value is -2.59. The topological polar surface area (TPSA) is 58.0 Å². The summed E-state index contributed by atoms with van der Waals surface area (Å²) in [5.74, 6) is 1.53. The third-order valence-electron chi connectivity index (χ3n) is 3.32. The molecule has 0 aliphatic heterocycles. The van der Waals surface area contributed by atoms with E-state index in [2.05, 4.69) is 15.3 Å². The number of aromatic nitrogens is 2. The predicted octanol–water partition coefficient (Wildman–Crippen LogP) is 1.21. The van der Waals surface area contributed by atoms with Gasteiger partial charge in [-0.2, -0.15) is 0 Å². The van der Waals surface area contributed by atoms with Crippen molar-refractivity contribution < 1.29 is 17.5 Å². The molecule has 0 aliphatic rings. The highest BCUT2D eigenvalue weighted by Crippen LogP contribution is 2.28. The molecule has 3 rings (SSSR count).